The highest BCUT2D eigenvalue weighted by atomic mass is 16.2. The highest BCUT2D eigenvalue weighted by Crippen LogP contribution is 2.59. The Morgan fingerprint density at radius 2 is 1.77 bits per heavy atom. The largest absolute Gasteiger partial charge is 0.378 e. The summed E-state index contributed by atoms with van der Waals surface area (Å²) in [5.41, 5.74) is 3.18. The first-order valence-electron chi connectivity index (χ1n) is 11.2. The van der Waals surface area contributed by atoms with Crippen LogP contribution in [0.25, 0.3) is 0 Å². The number of pyridine rings is 1. The van der Waals surface area contributed by atoms with Gasteiger partial charge in [-0.25, -0.2) is 0 Å². The van der Waals surface area contributed by atoms with Crippen molar-refractivity contribution in [3.05, 3.63) is 59.9 Å². The molecular formula is C25H32N4O2. The van der Waals surface area contributed by atoms with Crippen molar-refractivity contribution in [1.82, 2.24) is 15.2 Å². The number of amides is 2. The summed E-state index contributed by atoms with van der Waals surface area (Å²) in [5, 5.41) is 3.12. The van der Waals surface area contributed by atoms with E-state index in [-0.39, 0.29) is 23.1 Å². The van der Waals surface area contributed by atoms with Gasteiger partial charge >= 0.3 is 0 Å². The van der Waals surface area contributed by atoms with Crippen LogP contribution < -0.4 is 10.2 Å². The number of benzene rings is 1. The van der Waals surface area contributed by atoms with Crippen molar-refractivity contribution in [2.45, 2.75) is 32.1 Å². The zero-order valence-corrected chi connectivity index (χ0v) is 18.5. The number of nitrogens with one attached hydrogen (secondary N) is 1. The van der Waals surface area contributed by atoms with Gasteiger partial charge in [-0.2, -0.15) is 0 Å². The van der Waals surface area contributed by atoms with Crippen LogP contribution in [0, 0.1) is 11.3 Å². The number of nitrogens with zero attached hydrogens (tertiary/aromatic N) is 3. The number of aromatic nitrogens is 1. The van der Waals surface area contributed by atoms with E-state index in [9.17, 15) is 9.59 Å². The van der Waals surface area contributed by atoms with Crippen molar-refractivity contribution in [1.29, 1.82) is 0 Å². The molecule has 164 valence electrons. The molecular weight excluding hydrogens is 388 g/mol. The van der Waals surface area contributed by atoms with Crippen LogP contribution in [0.4, 0.5) is 5.69 Å². The Morgan fingerprint density at radius 3 is 2.42 bits per heavy atom. The van der Waals surface area contributed by atoms with Crippen LogP contribution in [0.15, 0.2) is 48.8 Å². The summed E-state index contributed by atoms with van der Waals surface area (Å²) in [7, 11) is 3.98. The number of piperidine rings is 1. The summed E-state index contributed by atoms with van der Waals surface area (Å²) in [6, 6.07) is 11.8. The fraction of sp³-hybridized carbons (Fsp3) is 0.480. The zero-order valence-electron chi connectivity index (χ0n) is 18.5. The molecule has 0 radical (unpaired) electrons. The molecule has 2 fully saturated rings. The lowest BCUT2D eigenvalue weighted by Crippen LogP contribution is -2.40. The van der Waals surface area contributed by atoms with E-state index in [0.717, 1.165) is 56.4 Å². The fourth-order valence-electron chi connectivity index (χ4n) is 4.69. The van der Waals surface area contributed by atoms with Gasteiger partial charge < -0.3 is 15.1 Å². The lowest BCUT2D eigenvalue weighted by atomic mass is 9.90. The molecule has 0 bridgehead atoms. The van der Waals surface area contributed by atoms with Crippen LogP contribution in [-0.2, 0) is 11.2 Å². The Hall–Kier alpha value is -2.89. The Morgan fingerprint density at radius 1 is 1.10 bits per heavy atom. The van der Waals surface area contributed by atoms with Crippen LogP contribution in [-0.4, -0.2) is 55.4 Å². The molecule has 1 N–H and O–H groups in total. The smallest absolute Gasteiger partial charge is 0.253 e. The maximum Gasteiger partial charge on any atom is 0.253 e. The van der Waals surface area contributed by atoms with Gasteiger partial charge in [0.25, 0.3) is 5.91 Å². The topological polar surface area (TPSA) is 65.5 Å². The summed E-state index contributed by atoms with van der Waals surface area (Å²) in [6.07, 6.45) is 8.29. The first-order valence-corrected chi connectivity index (χ1v) is 11.2. The minimum absolute atomic E-state index is 0.0953. The van der Waals surface area contributed by atoms with Crippen molar-refractivity contribution in [2.75, 3.05) is 38.6 Å². The Balaban J connectivity index is 1.21. The van der Waals surface area contributed by atoms with Gasteiger partial charge in [-0.05, 0) is 79.5 Å². The molecule has 1 atom stereocenters. The van der Waals surface area contributed by atoms with E-state index < -0.39 is 0 Å². The van der Waals surface area contributed by atoms with E-state index in [1.165, 1.54) is 5.56 Å². The quantitative estimate of drug-likeness (QED) is 0.699. The van der Waals surface area contributed by atoms with Gasteiger partial charge in [0, 0.05) is 63.3 Å². The first-order chi connectivity index (χ1) is 15.0. The van der Waals surface area contributed by atoms with Crippen LogP contribution in [0.3, 0.4) is 0 Å². The minimum Gasteiger partial charge on any atom is -0.378 e. The molecule has 6 nitrogen and oxygen atoms in total. The normalized spacial score (nSPS) is 19.2. The van der Waals surface area contributed by atoms with Gasteiger partial charge in [-0.15, -0.1) is 0 Å². The third-order valence-electron chi connectivity index (χ3n) is 6.87. The van der Waals surface area contributed by atoms with Crippen LogP contribution in [0.1, 0.15) is 41.6 Å². The second-order valence-electron chi connectivity index (χ2n) is 9.10. The molecule has 31 heavy (non-hydrogen) atoms. The number of aryl methyl sites for hydroxylation is 1. The van der Waals surface area contributed by atoms with Gasteiger partial charge in [-0.3, -0.25) is 14.6 Å². The zero-order chi connectivity index (χ0) is 21.8. The molecule has 6 heteroatoms. The number of hydrogen-bond donors (Lipinski definition) is 1. The number of carbonyl (C=O) groups is 2. The van der Waals surface area contributed by atoms with Crippen molar-refractivity contribution in [3.8, 4) is 0 Å². The van der Waals surface area contributed by atoms with E-state index in [0.29, 0.717) is 6.54 Å². The predicted molar refractivity (Wildman–Crippen MR) is 122 cm³/mol. The van der Waals surface area contributed by atoms with Gasteiger partial charge in [0.05, 0.1) is 0 Å². The van der Waals surface area contributed by atoms with E-state index >= 15 is 0 Å². The van der Waals surface area contributed by atoms with Gasteiger partial charge in [0.2, 0.25) is 5.91 Å². The molecule has 1 unspecified atom stereocenters. The van der Waals surface area contributed by atoms with Crippen LogP contribution in [0.5, 0.6) is 0 Å². The molecule has 2 aliphatic rings. The summed E-state index contributed by atoms with van der Waals surface area (Å²) >= 11 is 0. The molecule has 2 amide bonds. The van der Waals surface area contributed by atoms with Gasteiger partial charge in [0.15, 0.2) is 0 Å². The Bertz CT molecular complexity index is 903. The van der Waals surface area contributed by atoms with Gasteiger partial charge in [0.1, 0.15) is 0 Å². The van der Waals surface area contributed by atoms with Gasteiger partial charge in [-0.1, -0.05) is 0 Å². The second kappa shape index (κ2) is 9.08. The maximum absolute atomic E-state index is 12.8. The van der Waals surface area contributed by atoms with Crippen molar-refractivity contribution >= 4 is 17.5 Å². The summed E-state index contributed by atoms with van der Waals surface area (Å²) in [4.78, 5) is 33.5. The molecule has 1 saturated carbocycles. The number of likely N-dealkylation sites (tertiary alicyclic amines) is 1. The Kier molecular flexibility index (Phi) is 6.25. The maximum atomic E-state index is 12.8. The van der Waals surface area contributed by atoms with Crippen molar-refractivity contribution in [3.63, 3.8) is 0 Å². The third-order valence-corrected chi connectivity index (χ3v) is 6.87. The second-order valence-corrected chi connectivity index (χ2v) is 9.10. The molecule has 1 aromatic carbocycles. The average Bonchev–Trinajstić information content (AvgIpc) is 3.50. The molecule has 4 rings (SSSR count). The molecule has 1 spiro atoms. The molecule has 2 heterocycles. The molecule has 2 aromatic rings. The lowest BCUT2D eigenvalue weighted by Gasteiger charge is -2.33. The van der Waals surface area contributed by atoms with Crippen LogP contribution >= 0.6 is 0 Å². The summed E-state index contributed by atoms with van der Waals surface area (Å²) in [6.45, 7) is 2.18. The SMILES string of the molecule is CN(C)c1ccc(C(=O)N2CCC3(CC2)CC3C(=O)NCCCc2ccncc2)cc1. The lowest BCUT2D eigenvalue weighted by molar-refractivity contribution is -0.123. The third kappa shape index (κ3) is 4.89. The van der Waals surface area contributed by atoms with E-state index in [1.54, 1.807) is 12.4 Å². The number of hydrogen-bond acceptors (Lipinski definition) is 4. The van der Waals surface area contributed by atoms with Crippen LogP contribution in [0.2, 0.25) is 0 Å². The fourth-order valence-corrected chi connectivity index (χ4v) is 4.69. The highest BCUT2D eigenvalue weighted by Gasteiger charge is 2.58. The van der Waals surface area contributed by atoms with E-state index in [4.69, 9.17) is 0 Å². The molecule has 1 saturated heterocycles. The molecule has 1 aromatic heterocycles. The predicted octanol–water partition coefficient (Wildman–Crippen LogP) is 3.14. The standard InChI is InChI=1S/C25H32N4O2/c1-28(2)21-7-5-20(6-8-21)24(31)29-16-11-25(12-17-29)18-22(25)23(30)27-13-3-4-19-9-14-26-15-10-19/h5-10,14-15,22H,3-4,11-13,16-18H2,1-2H3,(H,27,30). The van der Waals surface area contributed by atoms with Crippen molar-refractivity contribution < 1.29 is 9.59 Å². The molecule has 1 aliphatic carbocycles. The monoisotopic (exact) mass is 420 g/mol. The van der Waals surface area contributed by atoms with Crippen molar-refractivity contribution in [2.24, 2.45) is 11.3 Å². The number of carbonyl (C=O) groups excluding carboxylic acids is 2. The highest BCUT2D eigenvalue weighted by molar-refractivity contribution is 5.94. The molecule has 1 aliphatic heterocycles. The van der Waals surface area contributed by atoms with E-state index in [2.05, 4.69) is 10.3 Å². The summed E-state index contributed by atoms with van der Waals surface area (Å²) < 4.78 is 0. The number of rotatable bonds is 7. The first kappa shape index (κ1) is 21.3. The summed E-state index contributed by atoms with van der Waals surface area (Å²) in [5.74, 6) is 0.400. The average molecular weight is 421 g/mol. The van der Waals surface area contributed by atoms with E-state index in [1.807, 2.05) is 60.3 Å². The minimum atomic E-state index is 0.0953. The Labute approximate surface area is 184 Å². The number of anilines is 1.